The van der Waals surface area contributed by atoms with Gasteiger partial charge in [0.1, 0.15) is 0 Å². The van der Waals surface area contributed by atoms with Crippen molar-refractivity contribution < 1.29 is 9.59 Å². The van der Waals surface area contributed by atoms with Crippen molar-refractivity contribution in [3.63, 3.8) is 0 Å². The minimum Gasteiger partial charge on any atom is -0.343 e. The SMILES string of the molecule is O=C(CNC(=O)c1ccccc1I)N/N=C/c1cccc(Cl)c1. The van der Waals surface area contributed by atoms with E-state index in [2.05, 4.69) is 38.4 Å². The summed E-state index contributed by atoms with van der Waals surface area (Å²) in [5.41, 5.74) is 3.64. The largest absolute Gasteiger partial charge is 0.343 e. The molecule has 0 aliphatic carbocycles. The fourth-order valence-electron chi connectivity index (χ4n) is 1.71. The zero-order chi connectivity index (χ0) is 16.7. The average molecular weight is 442 g/mol. The molecule has 0 saturated heterocycles. The molecule has 0 fully saturated rings. The zero-order valence-electron chi connectivity index (χ0n) is 11.9. The molecule has 5 nitrogen and oxygen atoms in total. The van der Waals surface area contributed by atoms with Crippen LogP contribution in [0.4, 0.5) is 0 Å². The van der Waals surface area contributed by atoms with Crippen molar-refractivity contribution in [2.75, 3.05) is 6.54 Å². The molecular weight excluding hydrogens is 429 g/mol. The summed E-state index contributed by atoms with van der Waals surface area (Å²) in [4.78, 5) is 23.6. The highest BCUT2D eigenvalue weighted by Crippen LogP contribution is 2.11. The molecule has 7 heteroatoms. The highest BCUT2D eigenvalue weighted by atomic mass is 127. The smallest absolute Gasteiger partial charge is 0.259 e. The van der Waals surface area contributed by atoms with Crippen molar-refractivity contribution >= 4 is 52.2 Å². The summed E-state index contributed by atoms with van der Waals surface area (Å²) in [6.45, 7) is -0.156. The van der Waals surface area contributed by atoms with Gasteiger partial charge in [0, 0.05) is 8.59 Å². The van der Waals surface area contributed by atoms with Gasteiger partial charge in [0.05, 0.1) is 18.3 Å². The number of hydrogen-bond acceptors (Lipinski definition) is 3. The molecule has 118 valence electrons. The van der Waals surface area contributed by atoms with Gasteiger partial charge in [0.15, 0.2) is 0 Å². The fourth-order valence-corrected chi connectivity index (χ4v) is 2.54. The third kappa shape index (κ3) is 5.65. The Hall–Kier alpha value is -1.93. The molecule has 2 aromatic rings. The van der Waals surface area contributed by atoms with E-state index in [9.17, 15) is 9.59 Å². The van der Waals surface area contributed by atoms with Crippen LogP contribution in [0.5, 0.6) is 0 Å². The topological polar surface area (TPSA) is 70.6 Å². The first-order valence-corrected chi connectivity index (χ1v) is 8.12. The molecule has 0 aliphatic heterocycles. The predicted molar refractivity (Wildman–Crippen MR) is 98.7 cm³/mol. The number of hydrazone groups is 1. The van der Waals surface area contributed by atoms with Crippen LogP contribution >= 0.6 is 34.2 Å². The molecule has 0 atom stereocenters. The van der Waals surface area contributed by atoms with Gasteiger partial charge >= 0.3 is 0 Å². The first kappa shape index (κ1) is 17.4. The molecule has 0 heterocycles. The van der Waals surface area contributed by atoms with E-state index in [1.165, 1.54) is 6.21 Å². The molecule has 0 aromatic heterocycles. The van der Waals surface area contributed by atoms with E-state index in [-0.39, 0.29) is 12.5 Å². The number of hydrogen-bond donors (Lipinski definition) is 2. The fraction of sp³-hybridized carbons (Fsp3) is 0.0625. The molecule has 0 aliphatic rings. The molecule has 0 bridgehead atoms. The summed E-state index contributed by atoms with van der Waals surface area (Å²) in [5.74, 6) is -0.716. The number of nitrogens with zero attached hydrogens (tertiary/aromatic N) is 1. The Morgan fingerprint density at radius 2 is 1.96 bits per heavy atom. The summed E-state index contributed by atoms with van der Waals surface area (Å²) in [6.07, 6.45) is 1.48. The first-order valence-electron chi connectivity index (χ1n) is 6.66. The van der Waals surface area contributed by atoms with Crippen molar-refractivity contribution in [1.29, 1.82) is 0 Å². The lowest BCUT2D eigenvalue weighted by atomic mass is 10.2. The Kier molecular flexibility index (Phi) is 6.54. The molecule has 2 amide bonds. The number of rotatable bonds is 5. The third-order valence-corrected chi connectivity index (χ3v) is 3.96. The summed E-state index contributed by atoms with van der Waals surface area (Å²) in [7, 11) is 0. The van der Waals surface area contributed by atoms with Crippen LogP contribution in [-0.4, -0.2) is 24.6 Å². The molecular formula is C16H13ClIN3O2. The lowest BCUT2D eigenvalue weighted by Crippen LogP contribution is -2.35. The van der Waals surface area contributed by atoms with Gasteiger partial charge in [0.25, 0.3) is 11.8 Å². The van der Waals surface area contributed by atoms with Gasteiger partial charge in [-0.3, -0.25) is 9.59 Å². The van der Waals surface area contributed by atoms with Crippen molar-refractivity contribution in [2.24, 2.45) is 5.10 Å². The van der Waals surface area contributed by atoms with Gasteiger partial charge in [-0.05, 0) is 52.4 Å². The molecule has 2 N–H and O–H groups in total. The van der Waals surface area contributed by atoms with Crippen LogP contribution in [0.25, 0.3) is 0 Å². The molecule has 2 rings (SSSR count). The second-order valence-electron chi connectivity index (χ2n) is 4.51. The van der Waals surface area contributed by atoms with Crippen LogP contribution < -0.4 is 10.7 Å². The number of amides is 2. The maximum atomic E-state index is 12.0. The van der Waals surface area contributed by atoms with Crippen LogP contribution in [0.3, 0.4) is 0 Å². The number of carbonyl (C=O) groups is 2. The molecule has 0 saturated carbocycles. The number of carbonyl (C=O) groups excluding carboxylic acids is 2. The van der Waals surface area contributed by atoms with Crippen molar-refractivity contribution in [3.05, 3.63) is 68.3 Å². The van der Waals surface area contributed by atoms with E-state index >= 15 is 0 Å². The standard InChI is InChI=1S/C16H13ClIN3O2/c17-12-5-3-4-11(8-12)9-20-21-15(22)10-19-16(23)13-6-1-2-7-14(13)18/h1-9H,10H2,(H,19,23)(H,21,22)/b20-9+. The average Bonchev–Trinajstić information content (AvgIpc) is 2.53. The molecule has 0 spiro atoms. The normalized spacial score (nSPS) is 10.5. The Morgan fingerprint density at radius 3 is 2.70 bits per heavy atom. The number of halogens is 2. The second kappa shape index (κ2) is 8.64. The van der Waals surface area contributed by atoms with Crippen molar-refractivity contribution in [3.8, 4) is 0 Å². The Labute approximate surface area is 152 Å². The van der Waals surface area contributed by atoms with E-state index in [0.717, 1.165) is 9.13 Å². The quantitative estimate of drug-likeness (QED) is 0.426. The van der Waals surface area contributed by atoms with Crippen LogP contribution in [0, 0.1) is 3.57 Å². The van der Waals surface area contributed by atoms with E-state index in [1.807, 2.05) is 12.1 Å². The Balaban J connectivity index is 1.81. The van der Waals surface area contributed by atoms with E-state index in [0.29, 0.717) is 10.6 Å². The third-order valence-electron chi connectivity index (χ3n) is 2.78. The van der Waals surface area contributed by atoms with Gasteiger partial charge < -0.3 is 5.32 Å². The molecule has 0 radical (unpaired) electrons. The van der Waals surface area contributed by atoms with Crippen molar-refractivity contribution in [2.45, 2.75) is 0 Å². The summed E-state index contributed by atoms with van der Waals surface area (Å²) in [5, 5.41) is 6.95. The Bertz CT molecular complexity index is 750. The Morgan fingerprint density at radius 1 is 1.17 bits per heavy atom. The maximum absolute atomic E-state index is 12.0. The number of benzene rings is 2. The minimum atomic E-state index is -0.414. The summed E-state index contributed by atoms with van der Waals surface area (Å²) < 4.78 is 0.821. The predicted octanol–water partition coefficient (Wildman–Crippen LogP) is 2.82. The van der Waals surface area contributed by atoms with Gasteiger partial charge in [-0.15, -0.1) is 0 Å². The van der Waals surface area contributed by atoms with Gasteiger partial charge in [-0.1, -0.05) is 35.9 Å². The first-order chi connectivity index (χ1) is 11.1. The molecule has 0 unspecified atom stereocenters. The monoisotopic (exact) mass is 441 g/mol. The van der Waals surface area contributed by atoms with Crippen LogP contribution in [0.2, 0.25) is 5.02 Å². The maximum Gasteiger partial charge on any atom is 0.259 e. The van der Waals surface area contributed by atoms with Gasteiger partial charge in [-0.2, -0.15) is 5.10 Å². The highest BCUT2D eigenvalue weighted by molar-refractivity contribution is 14.1. The summed E-state index contributed by atoms with van der Waals surface area (Å²) in [6, 6.07) is 14.2. The van der Waals surface area contributed by atoms with Crippen molar-refractivity contribution in [1.82, 2.24) is 10.7 Å². The highest BCUT2D eigenvalue weighted by Gasteiger charge is 2.10. The number of nitrogens with one attached hydrogen (secondary N) is 2. The second-order valence-corrected chi connectivity index (χ2v) is 6.11. The lowest BCUT2D eigenvalue weighted by molar-refractivity contribution is -0.120. The van der Waals surface area contributed by atoms with E-state index < -0.39 is 5.91 Å². The molecule has 23 heavy (non-hydrogen) atoms. The zero-order valence-corrected chi connectivity index (χ0v) is 14.8. The lowest BCUT2D eigenvalue weighted by Gasteiger charge is -2.05. The van der Waals surface area contributed by atoms with Crippen LogP contribution in [0.15, 0.2) is 53.6 Å². The summed E-state index contributed by atoms with van der Waals surface area (Å²) >= 11 is 7.91. The van der Waals surface area contributed by atoms with Crippen LogP contribution in [-0.2, 0) is 4.79 Å². The van der Waals surface area contributed by atoms with E-state index in [4.69, 9.17) is 11.6 Å². The van der Waals surface area contributed by atoms with Gasteiger partial charge in [0.2, 0.25) is 0 Å². The van der Waals surface area contributed by atoms with E-state index in [1.54, 1.807) is 36.4 Å². The van der Waals surface area contributed by atoms with Gasteiger partial charge in [-0.25, -0.2) is 5.43 Å². The minimum absolute atomic E-state index is 0.156. The molecule has 2 aromatic carbocycles. The van der Waals surface area contributed by atoms with Crippen LogP contribution in [0.1, 0.15) is 15.9 Å².